The highest BCUT2D eigenvalue weighted by Crippen LogP contribution is 2.08. The Balaban J connectivity index is 1.76. The van der Waals surface area contributed by atoms with Crippen LogP contribution in [0.4, 0.5) is 0 Å². The molecule has 1 aliphatic heterocycles. The number of benzene rings is 1. The summed E-state index contributed by atoms with van der Waals surface area (Å²) in [4.78, 5) is 4.91. The van der Waals surface area contributed by atoms with Crippen molar-refractivity contribution >= 4 is 0 Å². The molecule has 0 unspecified atom stereocenters. The topological polar surface area (TPSA) is 26.7 Å². The molecular formula is C17H24N2O. The van der Waals surface area contributed by atoms with Crippen LogP contribution in [0.3, 0.4) is 0 Å². The molecule has 3 nitrogen and oxygen atoms in total. The van der Waals surface area contributed by atoms with E-state index < -0.39 is 0 Å². The summed E-state index contributed by atoms with van der Waals surface area (Å²) in [5.41, 5.74) is 2.27. The van der Waals surface area contributed by atoms with Gasteiger partial charge in [-0.05, 0) is 50.7 Å². The maximum absolute atomic E-state index is 8.67. The quantitative estimate of drug-likeness (QED) is 0.824. The minimum Gasteiger partial charge on any atom is -0.384 e. The molecule has 0 bridgehead atoms. The van der Waals surface area contributed by atoms with Crippen molar-refractivity contribution < 1.29 is 5.11 Å². The van der Waals surface area contributed by atoms with Crippen molar-refractivity contribution in [1.82, 2.24) is 9.80 Å². The highest BCUT2D eigenvalue weighted by molar-refractivity contribution is 5.36. The molecule has 0 aliphatic carbocycles. The number of hydrogen-bond acceptors (Lipinski definition) is 3. The van der Waals surface area contributed by atoms with E-state index in [-0.39, 0.29) is 6.61 Å². The molecule has 0 radical (unpaired) electrons. The molecule has 0 aromatic heterocycles. The van der Waals surface area contributed by atoms with E-state index in [4.69, 9.17) is 5.11 Å². The molecule has 2 rings (SSSR count). The minimum absolute atomic E-state index is 0.0824. The molecule has 1 fully saturated rings. The van der Waals surface area contributed by atoms with E-state index in [1.807, 2.05) is 12.1 Å². The summed E-state index contributed by atoms with van der Waals surface area (Å²) in [6.45, 7) is 5.73. The summed E-state index contributed by atoms with van der Waals surface area (Å²) >= 11 is 0. The first kappa shape index (κ1) is 15.1. The largest absolute Gasteiger partial charge is 0.384 e. The van der Waals surface area contributed by atoms with Crippen LogP contribution in [-0.2, 0) is 6.54 Å². The number of rotatable bonds is 5. The maximum Gasteiger partial charge on any atom is 0.104 e. The summed E-state index contributed by atoms with van der Waals surface area (Å²) in [5, 5.41) is 8.67. The van der Waals surface area contributed by atoms with E-state index in [1.54, 1.807) is 0 Å². The van der Waals surface area contributed by atoms with Crippen LogP contribution in [0.2, 0.25) is 0 Å². The molecule has 1 N–H and O–H groups in total. The van der Waals surface area contributed by atoms with Crippen LogP contribution in [0.1, 0.15) is 24.0 Å². The molecular weight excluding hydrogens is 248 g/mol. The lowest BCUT2D eigenvalue weighted by molar-refractivity contribution is 0.252. The number of likely N-dealkylation sites (N-methyl/N-ethyl adjacent to an activating group) is 1. The summed E-state index contributed by atoms with van der Waals surface area (Å²) < 4.78 is 0. The summed E-state index contributed by atoms with van der Waals surface area (Å²) in [6, 6.07) is 8.28. The molecule has 1 aromatic carbocycles. The second-order valence-corrected chi connectivity index (χ2v) is 5.44. The lowest BCUT2D eigenvalue weighted by atomic mass is 10.1. The number of aliphatic hydroxyl groups is 1. The van der Waals surface area contributed by atoms with Gasteiger partial charge >= 0.3 is 0 Å². The van der Waals surface area contributed by atoms with Gasteiger partial charge in [0, 0.05) is 25.2 Å². The van der Waals surface area contributed by atoms with Gasteiger partial charge in [0.2, 0.25) is 0 Å². The Morgan fingerprint density at radius 1 is 1.20 bits per heavy atom. The number of aliphatic hydroxyl groups excluding tert-OH is 1. The lowest BCUT2D eigenvalue weighted by Gasteiger charge is -2.21. The molecule has 1 heterocycles. The number of nitrogens with zero attached hydrogens (tertiary/aromatic N) is 2. The van der Waals surface area contributed by atoms with E-state index >= 15 is 0 Å². The monoisotopic (exact) mass is 272 g/mol. The minimum atomic E-state index is -0.0824. The van der Waals surface area contributed by atoms with Crippen LogP contribution < -0.4 is 0 Å². The molecule has 0 atom stereocenters. The number of likely N-dealkylation sites (tertiary alicyclic amines) is 1. The SMILES string of the molecule is CN(CCN1CCCC1)Cc1ccc(C#CCO)cc1. The van der Waals surface area contributed by atoms with Gasteiger partial charge in [0.1, 0.15) is 6.61 Å². The summed E-state index contributed by atoms with van der Waals surface area (Å²) in [6.07, 6.45) is 2.72. The third-order valence-corrected chi connectivity index (χ3v) is 3.71. The normalized spacial score (nSPS) is 15.3. The fraction of sp³-hybridized carbons (Fsp3) is 0.529. The predicted molar refractivity (Wildman–Crippen MR) is 82.4 cm³/mol. The van der Waals surface area contributed by atoms with Gasteiger partial charge in [-0.2, -0.15) is 0 Å². The van der Waals surface area contributed by atoms with Crippen molar-refractivity contribution in [1.29, 1.82) is 0 Å². The van der Waals surface area contributed by atoms with E-state index in [2.05, 4.69) is 40.8 Å². The standard InChI is InChI=1S/C17H24N2O/c1-18(12-13-19-10-2-3-11-19)15-17-8-6-16(7-9-17)5-4-14-20/h6-9,20H,2-3,10-15H2,1H3. The Labute approximate surface area is 122 Å². The Bertz CT molecular complexity index is 452. The van der Waals surface area contributed by atoms with E-state index in [1.165, 1.54) is 38.0 Å². The Hall–Kier alpha value is -1.34. The van der Waals surface area contributed by atoms with Crippen LogP contribution in [0.15, 0.2) is 24.3 Å². The third kappa shape index (κ3) is 4.97. The van der Waals surface area contributed by atoms with Crippen molar-refractivity contribution in [3.63, 3.8) is 0 Å². The second kappa shape index (κ2) is 8.06. The van der Waals surface area contributed by atoms with Crippen LogP contribution >= 0.6 is 0 Å². The lowest BCUT2D eigenvalue weighted by Crippen LogP contribution is -2.31. The molecule has 0 spiro atoms. The van der Waals surface area contributed by atoms with Crippen LogP contribution in [0, 0.1) is 11.8 Å². The van der Waals surface area contributed by atoms with Gasteiger partial charge in [-0.3, -0.25) is 0 Å². The van der Waals surface area contributed by atoms with Gasteiger partial charge in [0.25, 0.3) is 0 Å². The van der Waals surface area contributed by atoms with Crippen LogP contribution in [-0.4, -0.2) is 54.7 Å². The molecule has 1 saturated heterocycles. The molecule has 1 aliphatic rings. The van der Waals surface area contributed by atoms with E-state index in [0.29, 0.717) is 0 Å². The predicted octanol–water partition coefficient (Wildman–Crippen LogP) is 1.56. The van der Waals surface area contributed by atoms with Crippen molar-refractivity contribution in [2.45, 2.75) is 19.4 Å². The fourth-order valence-electron chi connectivity index (χ4n) is 2.54. The average molecular weight is 272 g/mol. The van der Waals surface area contributed by atoms with Gasteiger partial charge in [0.15, 0.2) is 0 Å². The van der Waals surface area contributed by atoms with Gasteiger partial charge in [-0.1, -0.05) is 24.0 Å². The van der Waals surface area contributed by atoms with E-state index in [9.17, 15) is 0 Å². The summed E-state index contributed by atoms with van der Waals surface area (Å²) in [5.74, 6) is 5.58. The molecule has 3 heteroatoms. The fourth-order valence-corrected chi connectivity index (χ4v) is 2.54. The third-order valence-electron chi connectivity index (χ3n) is 3.71. The zero-order chi connectivity index (χ0) is 14.2. The van der Waals surface area contributed by atoms with Crippen molar-refractivity contribution in [3.05, 3.63) is 35.4 Å². The molecule has 108 valence electrons. The first-order valence-electron chi connectivity index (χ1n) is 7.37. The Morgan fingerprint density at radius 2 is 1.90 bits per heavy atom. The second-order valence-electron chi connectivity index (χ2n) is 5.44. The Morgan fingerprint density at radius 3 is 2.55 bits per heavy atom. The zero-order valence-corrected chi connectivity index (χ0v) is 12.3. The summed E-state index contributed by atoms with van der Waals surface area (Å²) in [7, 11) is 2.18. The van der Waals surface area contributed by atoms with E-state index in [0.717, 1.165) is 18.7 Å². The smallest absolute Gasteiger partial charge is 0.104 e. The highest BCUT2D eigenvalue weighted by Gasteiger charge is 2.11. The van der Waals surface area contributed by atoms with Crippen LogP contribution in [0.25, 0.3) is 0 Å². The highest BCUT2D eigenvalue weighted by atomic mass is 16.2. The molecule has 0 saturated carbocycles. The van der Waals surface area contributed by atoms with Crippen molar-refractivity contribution in [2.24, 2.45) is 0 Å². The average Bonchev–Trinajstić information content (AvgIpc) is 2.98. The number of hydrogen-bond donors (Lipinski definition) is 1. The van der Waals surface area contributed by atoms with Crippen LogP contribution in [0.5, 0.6) is 0 Å². The van der Waals surface area contributed by atoms with Crippen molar-refractivity contribution in [3.8, 4) is 11.8 Å². The molecule has 0 amide bonds. The van der Waals surface area contributed by atoms with Gasteiger partial charge in [-0.25, -0.2) is 0 Å². The molecule has 1 aromatic rings. The molecule has 20 heavy (non-hydrogen) atoms. The zero-order valence-electron chi connectivity index (χ0n) is 12.3. The van der Waals surface area contributed by atoms with Gasteiger partial charge < -0.3 is 14.9 Å². The maximum atomic E-state index is 8.67. The first-order valence-corrected chi connectivity index (χ1v) is 7.37. The van der Waals surface area contributed by atoms with Gasteiger partial charge in [-0.15, -0.1) is 0 Å². The Kier molecular flexibility index (Phi) is 6.07. The first-order chi connectivity index (χ1) is 9.78. The van der Waals surface area contributed by atoms with Gasteiger partial charge in [0.05, 0.1) is 0 Å². The van der Waals surface area contributed by atoms with Crippen molar-refractivity contribution in [2.75, 3.05) is 39.8 Å².